The van der Waals surface area contributed by atoms with Crippen molar-refractivity contribution < 1.29 is 52.3 Å². The highest BCUT2D eigenvalue weighted by Crippen LogP contribution is 2.51. The topological polar surface area (TPSA) is 144 Å². The van der Waals surface area contributed by atoms with Crippen molar-refractivity contribution in [3.8, 4) is 23.0 Å². The van der Waals surface area contributed by atoms with E-state index >= 15 is 0 Å². The number of benzene rings is 2. The standard InChI is InChI=1S/C33H40N2O9.C6H10O2/c1-38-19-7-8-20-21-9-10-35-16-18-13-27(44-32(36)17-11-25(39-2)30(41-4)26(12-17)40-3)31(42-5)28(33(37)43-6)22(18)15-24(35)29(21)34-23(20)14-19;7-6-4-2-1-3-5-8-6/h7-8,11-12,14,18,22,24,27-28,31,34H,9-10,13,15-16H2,1-6H3;1-5H2/t18-,22+,24-,27-,28+,31+;/m1./s1. The highest BCUT2D eigenvalue weighted by atomic mass is 16.6. The lowest BCUT2D eigenvalue weighted by Gasteiger charge is -2.52. The van der Waals surface area contributed by atoms with Gasteiger partial charge in [-0.05, 0) is 80.2 Å². The lowest BCUT2D eigenvalue weighted by atomic mass is 9.63. The van der Waals surface area contributed by atoms with E-state index in [9.17, 15) is 14.4 Å². The molecule has 3 aliphatic heterocycles. The van der Waals surface area contributed by atoms with Crippen molar-refractivity contribution in [2.24, 2.45) is 17.8 Å². The van der Waals surface area contributed by atoms with E-state index in [-0.39, 0.29) is 35.4 Å². The molecule has 2 saturated heterocycles. The Bertz CT molecular complexity index is 1720. The fourth-order valence-corrected chi connectivity index (χ4v) is 8.57. The molecule has 1 aromatic heterocycles. The number of methoxy groups -OCH3 is 6. The van der Waals surface area contributed by atoms with E-state index in [4.69, 9.17) is 37.9 Å². The van der Waals surface area contributed by atoms with Crippen LogP contribution in [0.2, 0.25) is 0 Å². The molecule has 6 atom stereocenters. The molecular formula is C39H50N2O11. The molecule has 0 amide bonds. The number of carbonyl (C=O) groups is 3. The average Bonchev–Trinajstić information content (AvgIpc) is 3.37. The summed E-state index contributed by atoms with van der Waals surface area (Å²) < 4.78 is 43.9. The number of hydrogen-bond donors (Lipinski definition) is 1. The molecule has 1 N–H and O–H groups in total. The van der Waals surface area contributed by atoms with Crippen molar-refractivity contribution in [3.05, 3.63) is 47.2 Å². The maximum absolute atomic E-state index is 13.5. The number of aromatic amines is 1. The third-order valence-electron chi connectivity index (χ3n) is 11.0. The Kier molecular flexibility index (Phi) is 11.8. The third kappa shape index (κ3) is 7.38. The van der Waals surface area contributed by atoms with Crippen LogP contribution in [0.15, 0.2) is 30.3 Å². The molecule has 3 aromatic rings. The van der Waals surface area contributed by atoms with Gasteiger partial charge in [-0.25, -0.2) is 4.79 Å². The van der Waals surface area contributed by atoms with Crippen LogP contribution in [-0.2, 0) is 35.0 Å². The van der Waals surface area contributed by atoms with Crippen molar-refractivity contribution in [3.63, 3.8) is 0 Å². The van der Waals surface area contributed by atoms with Crippen LogP contribution in [0.3, 0.4) is 0 Å². The maximum atomic E-state index is 13.5. The van der Waals surface area contributed by atoms with Gasteiger partial charge in [0.25, 0.3) is 0 Å². The summed E-state index contributed by atoms with van der Waals surface area (Å²) in [7, 11) is 9.10. The molecule has 3 fully saturated rings. The second kappa shape index (κ2) is 16.5. The van der Waals surface area contributed by atoms with Crippen LogP contribution >= 0.6 is 0 Å². The second-order valence-electron chi connectivity index (χ2n) is 13.7. The molecule has 2 aromatic carbocycles. The number of piperidine rings is 1. The molecule has 0 radical (unpaired) electrons. The smallest absolute Gasteiger partial charge is 0.338 e. The quantitative estimate of drug-likeness (QED) is 0.239. The van der Waals surface area contributed by atoms with E-state index in [1.165, 1.54) is 45.1 Å². The van der Waals surface area contributed by atoms with Crippen molar-refractivity contribution in [1.82, 2.24) is 9.88 Å². The van der Waals surface area contributed by atoms with Crippen LogP contribution in [0.25, 0.3) is 10.9 Å². The van der Waals surface area contributed by atoms with Crippen LogP contribution in [0, 0.1) is 17.8 Å². The summed E-state index contributed by atoms with van der Waals surface area (Å²) >= 11 is 0. The first-order valence-corrected chi connectivity index (χ1v) is 17.9. The summed E-state index contributed by atoms with van der Waals surface area (Å²) in [5, 5.41) is 1.21. The highest BCUT2D eigenvalue weighted by Gasteiger charge is 2.54. The number of rotatable bonds is 8. The summed E-state index contributed by atoms with van der Waals surface area (Å²) in [6.45, 7) is 2.32. The highest BCUT2D eigenvalue weighted by molar-refractivity contribution is 5.91. The van der Waals surface area contributed by atoms with E-state index in [0.717, 1.165) is 56.5 Å². The number of fused-ring (bicyclic) bond motifs is 6. The Morgan fingerprint density at radius 2 is 1.65 bits per heavy atom. The minimum Gasteiger partial charge on any atom is -0.497 e. The van der Waals surface area contributed by atoms with Gasteiger partial charge in [-0.15, -0.1) is 0 Å². The number of hydrogen-bond acceptors (Lipinski definition) is 12. The van der Waals surface area contributed by atoms with Gasteiger partial charge in [0.1, 0.15) is 18.0 Å². The van der Waals surface area contributed by atoms with Crippen molar-refractivity contribution in [1.29, 1.82) is 0 Å². The fourth-order valence-electron chi connectivity index (χ4n) is 8.57. The molecule has 4 aliphatic rings. The van der Waals surface area contributed by atoms with Crippen LogP contribution in [0.5, 0.6) is 23.0 Å². The lowest BCUT2D eigenvalue weighted by molar-refractivity contribution is -0.176. The fraction of sp³-hybridized carbons (Fsp3) is 0.564. The summed E-state index contributed by atoms with van der Waals surface area (Å²) in [5.41, 5.74) is 3.83. The van der Waals surface area contributed by atoms with Gasteiger partial charge in [0.2, 0.25) is 5.75 Å². The molecule has 13 nitrogen and oxygen atoms in total. The van der Waals surface area contributed by atoms with E-state index in [1.807, 2.05) is 12.1 Å². The summed E-state index contributed by atoms with van der Waals surface area (Å²) in [4.78, 5) is 43.6. The van der Waals surface area contributed by atoms with Gasteiger partial charge in [-0.1, -0.05) is 0 Å². The molecule has 0 unspecified atom stereocenters. The van der Waals surface area contributed by atoms with Gasteiger partial charge in [0.15, 0.2) is 11.5 Å². The predicted octanol–water partition coefficient (Wildman–Crippen LogP) is 5.27. The van der Waals surface area contributed by atoms with Gasteiger partial charge in [0.05, 0.1) is 59.7 Å². The SMILES string of the molecule is COC(=O)[C@H]1[C@H]2C[C@@H]3c4[nH]c5cc(OC)ccc5c4CCN3C[C@H]2C[C@@H](OC(=O)c2cc(OC)c(OC)c(OC)c2)[C@@H]1OC.O=C1CCCCCO1. The number of ether oxygens (including phenoxy) is 8. The number of nitrogens with one attached hydrogen (secondary N) is 1. The molecule has 4 heterocycles. The van der Waals surface area contributed by atoms with Gasteiger partial charge >= 0.3 is 17.9 Å². The molecule has 282 valence electrons. The Morgan fingerprint density at radius 1 is 0.885 bits per heavy atom. The Hall–Kier alpha value is -4.49. The van der Waals surface area contributed by atoms with Crippen LogP contribution in [0.1, 0.15) is 66.2 Å². The summed E-state index contributed by atoms with van der Waals surface area (Å²) in [6, 6.07) is 9.40. The van der Waals surface area contributed by atoms with Gasteiger partial charge < -0.3 is 42.9 Å². The number of aromatic nitrogens is 1. The van der Waals surface area contributed by atoms with Gasteiger partial charge in [0, 0.05) is 49.3 Å². The minimum atomic E-state index is -0.670. The van der Waals surface area contributed by atoms with Crippen LogP contribution in [-0.4, -0.2) is 102 Å². The van der Waals surface area contributed by atoms with Gasteiger partial charge in [-0.3, -0.25) is 14.5 Å². The number of nitrogens with zero attached hydrogens (tertiary/aromatic N) is 1. The monoisotopic (exact) mass is 722 g/mol. The van der Waals surface area contributed by atoms with Crippen molar-refractivity contribution in [2.45, 2.75) is 63.2 Å². The van der Waals surface area contributed by atoms with Gasteiger partial charge in [-0.2, -0.15) is 0 Å². The Labute approximate surface area is 304 Å². The molecule has 52 heavy (non-hydrogen) atoms. The first kappa shape index (κ1) is 37.3. The predicted molar refractivity (Wildman–Crippen MR) is 190 cm³/mol. The number of esters is 3. The zero-order valence-electron chi connectivity index (χ0n) is 30.9. The van der Waals surface area contributed by atoms with Crippen molar-refractivity contribution in [2.75, 3.05) is 62.4 Å². The molecule has 0 bridgehead atoms. The Morgan fingerprint density at radius 3 is 2.33 bits per heavy atom. The van der Waals surface area contributed by atoms with Crippen LogP contribution < -0.4 is 18.9 Å². The number of H-pyrrole nitrogens is 1. The first-order chi connectivity index (χ1) is 25.2. The normalized spacial score (nSPS) is 25.5. The Balaban J connectivity index is 0.000000514. The van der Waals surface area contributed by atoms with Crippen LogP contribution in [0.4, 0.5) is 0 Å². The average molecular weight is 723 g/mol. The molecule has 13 heteroatoms. The first-order valence-electron chi connectivity index (χ1n) is 17.9. The third-order valence-corrected chi connectivity index (χ3v) is 11.0. The molecular weight excluding hydrogens is 672 g/mol. The maximum Gasteiger partial charge on any atom is 0.338 e. The second-order valence-corrected chi connectivity index (χ2v) is 13.7. The molecule has 0 spiro atoms. The van der Waals surface area contributed by atoms with E-state index in [2.05, 4.69) is 16.0 Å². The minimum absolute atomic E-state index is 0.0170. The lowest BCUT2D eigenvalue weighted by Crippen LogP contribution is -2.58. The van der Waals surface area contributed by atoms with E-state index in [1.54, 1.807) is 26.4 Å². The zero-order valence-corrected chi connectivity index (χ0v) is 30.9. The van der Waals surface area contributed by atoms with E-state index < -0.39 is 24.1 Å². The zero-order chi connectivity index (χ0) is 36.9. The summed E-state index contributed by atoms with van der Waals surface area (Å²) in [5.74, 6) is 0.415. The largest absolute Gasteiger partial charge is 0.497 e. The number of carbonyl (C=O) groups excluding carboxylic acids is 3. The summed E-state index contributed by atoms with van der Waals surface area (Å²) in [6.07, 6.45) is 4.75. The number of cyclic esters (lactones) is 1. The van der Waals surface area contributed by atoms with Crippen molar-refractivity contribution >= 4 is 28.8 Å². The molecule has 1 aliphatic carbocycles. The van der Waals surface area contributed by atoms with E-state index in [0.29, 0.717) is 36.7 Å². The molecule has 7 rings (SSSR count). The molecule has 1 saturated carbocycles.